The largest absolute Gasteiger partial charge is 0.456 e. The van der Waals surface area contributed by atoms with Crippen molar-refractivity contribution < 1.29 is 8.83 Å². The van der Waals surface area contributed by atoms with Crippen molar-refractivity contribution in [3.63, 3.8) is 0 Å². The van der Waals surface area contributed by atoms with E-state index < -0.39 is 16.2 Å². The van der Waals surface area contributed by atoms with Crippen LogP contribution in [0.15, 0.2) is 288 Å². The molecule has 13 aromatic carbocycles. The van der Waals surface area contributed by atoms with Gasteiger partial charge in [0.15, 0.2) is 0 Å². The van der Waals surface area contributed by atoms with Crippen molar-refractivity contribution in [3.05, 3.63) is 351 Å². The summed E-state index contributed by atoms with van der Waals surface area (Å²) in [6.07, 6.45) is 0. The summed E-state index contributed by atoms with van der Waals surface area (Å²) in [7, 11) is 0. The summed E-state index contributed by atoms with van der Waals surface area (Å²) in [5.41, 5.74) is 31.3. The van der Waals surface area contributed by atoms with Crippen LogP contribution in [-0.4, -0.2) is 0 Å². The topological polar surface area (TPSA) is 29.5 Å². The molecule has 0 radical (unpaired) electrons. The maximum Gasteiger partial charge on any atom is 0.144 e. The van der Waals surface area contributed by atoms with Crippen molar-refractivity contribution >= 4 is 60.9 Å². The lowest BCUT2D eigenvalue weighted by molar-refractivity contribution is 0.591. The van der Waals surface area contributed by atoms with Crippen LogP contribution in [0.3, 0.4) is 0 Å². The minimum atomic E-state index is -0.769. The van der Waals surface area contributed by atoms with E-state index in [-0.39, 0.29) is 10.8 Å². The predicted octanol–water partition coefficient (Wildman–Crippen LogP) is 23.6. The number of nitrogens with zero attached hydrogens (tertiary/aromatic N) is 1. The molecule has 93 heavy (non-hydrogen) atoms. The van der Waals surface area contributed by atoms with Gasteiger partial charge in [0.05, 0.1) is 10.8 Å². The highest BCUT2D eigenvalue weighted by Gasteiger charge is 2.53. The van der Waals surface area contributed by atoms with Crippen molar-refractivity contribution in [2.45, 2.75) is 75.5 Å². The van der Waals surface area contributed by atoms with E-state index in [0.29, 0.717) is 0 Å². The molecule has 4 aliphatic carbocycles. The molecule has 0 amide bonds. The summed E-state index contributed by atoms with van der Waals surface area (Å²) in [6, 6.07) is 105. The fourth-order valence-electron chi connectivity index (χ4n) is 18.3. The maximum absolute atomic E-state index is 7.20. The first kappa shape index (κ1) is 54.0. The fourth-order valence-corrected chi connectivity index (χ4v) is 18.3. The average molecular weight is 1190 g/mol. The van der Waals surface area contributed by atoms with Gasteiger partial charge in [-0.3, -0.25) is 0 Å². The van der Waals surface area contributed by atoms with E-state index in [2.05, 4.69) is 332 Å². The third-order valence-electron chi connectivity index (χ3n) is 22.1. The van der Waals surface area contributed by atoms with Crippen LogP contribution in [-0.2, 0) is 27.1 Å². The van der Waals surface area contributed by atoms with Crippen molar-refractivity contribution in [1.82, 2.24) is 0 Å². The summed E-state index contributed by atoms with van der Waals surface area (Å²) in [6.45, 7) is 16.9. The first-order chi connectivity index (χ1) is 45.3. The summed E-state index contributed by atoms with van der Waals surface area (Å²) in [5.74, 6) is 0. The Labute approximate surface area is 542 Å². The number of anilines is 3. The zero-order valence-corrected chi connectivity index (χ0v) is 53.3. The Hall–Kier alpha value is -10.7. The van der Waals surface area contributed by atoms with Gasteiger partial charge in [-0.05, 0) is 177 Å². The fraction of sp³-hybridized carbons (Fsp3) is 0.133. The molecule has 0 bridgehead atoms. The van der Waals surface area contributed by atoms with Gasteiger partial charge in [-0.1, -0.05) is 267 Å². The van der Waals surface area contributed by atoms with Gasteiger partial charge < -0.3 is 13.7 Å². The maximum atomic E-state index is 7.20. The van der Waals surface area contributed by atoms with Crippen LogP contribution in [0.5, 0.6) is 0 Å². The molecule has 0 N–H and O–H groups in total. The molecule has 4 aliphatic rings. The minimum absolute atomic E-state index is 0.202. The molecular formula is C90H67NO2. The van der Waals surface area contributed by atoms with Gasteiger partial charge in [-0.2, -0.15) is 0 Å². The quantitative estimate of drug-likeness (QED) is 0.159. The van der Waals surface area contributed by atoms with Gasteiger partial charge in [-0.15, -0.1) is 0 Å². The Kier molecular flexibility index (Phi) is 11.0. The van der Waals surface area contributed by atoms with Crippen LogP contribution in [0.25, 0.3) is 88.4 Å². The molecule has 0 unspecified atom stereocenters. The van der Waals surface area contributed by atoms with Gasteiger partial charge in [-0.25, -0.2) is 0 Å². The summed E-state index contributed by atoms with van der Waals surface area (Å²) < 4.78 is 14.0. The van der Waals surface area contributed by atoms with Gasteiger partial charge >= 0.3 is 0 Å². The van der Waals surface area contributed by atoms with E-state index in [4.69, 9.17) is 8.83 Å². The van der Waals surface area contributed by atoms with Gasteiger partial charge in [0.2, 0.25) is 0 Å². The number of rotatable bonds is 7. The molecule has 3 heteroatoms. The Morgan fingerprint density at radius 3 is 1.41 bits per heavy atom. The third kappa shape index (κ3) is 6.99. The summed E-state index contributed by atoms with van der Waals surface area (Å²) in [4.78, 5) is 2.58. The second-order valence-corrected chi connectivity index (χ2v) is 28.5. The molecule has 0 saturated carbocycles. The second-order valence-electron chi connectivity index (χ2n) is 28.5. The lowest BCUT2D eigenvalue weighted by atomic mass is 9.66. The minimum Gasteiger partial charge on any atom is -0.456 e. The van der Waals surface area contributed by atoms with E-state index in [1.165, 1.54) is 122 Å². The van der Waals surface area contributed by atoms with Crippen LogP contribution in [0.4, 0.5) is 17.1 Å². The zero-order chi connectivity index (χ0) is 62.5. The van der Waals surface area contributed by atoms with E-state index in [9.17, 15) is 0 Å². The van der Waals surface area contributed by atoms with Crippen LogP contribution in [0.1, 0.15) is 121 Å². The lowest BCUT2D eigenvalue weighted by Crippen LogP contribution is -2.30. The molecule has 19 rings (SSSR count). The van der Waals surface area contributed by atoms with E-state index >= 15 is 0 Å². The summed E-state index contributed by atoms with van der Waals surface area (Å²) in [5, 5.41) is 4.65. The van der Waals surface area contributed by atoms with Crippen LogP contribution >= 0.6 is 0 Å². The highest BCUT2D eigenvalue weighted by atomic mass is 16.3. The molecule has 0 atom stereocenters. The molecule has 3 nitrogen and oxygen atoms in total. The van der Waals surface area contributed by atoms with Crippen molar-refractivity contribution in [2.24, 2.45) is 0 Å². The molecule has 0 aliphatic heterocycles. The average Bonchev–Trinajstić information content (AvgIpc) is 1.51. The molecule has 0 saturated heterocycles. The lowest BCUT2D eigenvalue weighted by Gasteiger charge is -2.36. The van der Waals surface area contributed by atoms with E-state index in [0.717, 1.165) is 55.6 Å². The Balaban J connectivity index is 0.896. The highest BCUT2D eigenvalue weighted by Crippen LogP contribution is 2.67. The molecule has 2 heterocycles. The molecule has 15 aromatic rings. The molecule has 0 fully saturated rings. The highest BCUT2D eigenvalue weighted by molar-refractivity contribution is 6.21. The van der Waals surface area contributed by atoms with Crippen LogP contribution in [0, 0.1) is 0 Å². The predicted molar refractivity (Wildman–Crippen MR) is 384 cm³/mol. The third-order valence-corrected chi connectivity index (χ3v) is 22.1. The molecular weight excluding hydrogens is 1130 g/mol. The van der Waals surface area contributed by atoms with Crippen LogP contribution < -0.4 is 4.90 Å². The standard InChI is InChI=1S/C90H67NO2/c1-86(2,3)68-40-24-25-41-74(68)91(58-45-47-62-70(50-58)88(6,7)84-82(62)85-81(64-38-22-27-43-76(64)93-85)80-61-36-20-23-39-67(61)87(4,5)83(80)84)59-44-46-60-65-52-73-66(53-72(65)90(71(60)51-59,56-32-16-10-17-33-56)57-34-18-11-19-35-57)78-69(48-49-77-79(78)63-37-21-26-42-75(63)92-77)89(73,54-28-12-8-13-29-54)55-30-14-9-15-31-55/h8-53H,1-7H3. The Morgan fingerprint density at radius 1 is 0.312 bits per heavy atom. The Bertz CT molecular complexity index is 5580. The van der Waals surface area contributed by atoms with Crippen molar-refractivity contribution in [3.8, 4) is 44.5 Å². The number of para-hydroxylation sites is 3. The molecule has 2 aromatic heterocycles. The van der Waals surface area contributed by atoms with Gasteiger partial charge in [0, 0.05) is 55.0 Å². The number of fused-ring (bicyclic) bond motifs is 22. The Morgan fingerprint density at radius 2 is 0.774 bits per heavy atom. The van der Waals surface area contributed by atoms with Gasteiger partial charge in [0.1, 0.15) is 22.3 Å². The first-order valence-corrected chi connectivity index (χ1v) is 33.0. The number of hydrogen-bond acceptors (Lipinski definition) is 3. The smallest absolute Gasteiger partial charge is 0.144 e. The van der Waals surface area contributed by atoms with E-state index in [1.807, 2.05) is 0 Å². The first-order valence-electron chi connectivity index (χ1n) is 33.0. The van der Waals surface area contributed by atoms with Crippen molar-refractivity contribution in [1.29, 1.82) is 0 Å². The molecule has 444 valence electrons. The SMILES string of the molecule is CC(C)(C)c1ccccc1N(c1ccc2c(c1)C(C)(C)c1c3c(c4c(oc5ccccc54)c1-2)-c1ccccc1C3(C)C)c1ccc2c(c1)C(c1ccccc1)(c1ccccc1)c1cc3c(cc1-2)C(c1ccccc1)(c1ccccc1)c1ccc2oc4ccccc4c2c1-3. The normalized spacial score (nSPS) is 15.4. The molecule has 0 spiro atoms. The van der Waals surface area contributed by atoms with Gasteiger partial charge in [0.25, 0.3) is 0 Å². The monoisotopic (exact) mass is 1190 g/mol. The second kappa shape index (κ2) is 18.9. The number of furan rings is 2. The zero-order valence-electron chi connectivity index (χ0n) is 53.3. The summed E-state index contributed by atoms with van der Waals surface area (Å²) >= 11 is 0. The van der Waals surface area contributed by atoms with Crippen LogP contribution in [0.2, 0.25) is 0 Å². The van der Waals surface area contributed by atoms with Crippen molar-refractivity contribution in [2.75, 3.05) is 4.90 Å². The number of benzene rings is 13. The van der Waals surface area contributed by atoms with E-state index in [1.54, 1.807) is 0 Å². The number of hydrogen-bond donors (Lipinski definition) is 0.